The molecule has 70 valence electrons. The topological polar surface area (TPSA) is 39.2 Å². The van der Waals surface area contributed by atoms with Gasteiger partial charge in [0.1, 0.15) is 5.76 Å². The average Bonchev–Trinajstić information content (AvgIpc) is 2.72. The molecule has 0 saturated carbocycles. The van der Waals surface area contributed by atoms with Crippen molar-refractivity contribution in [2.75, 3.05) is 0 Å². The molecular weight excluding hydrogens is 162 g/mol. The summed E-state index contributed by atoms with van der Waals surface area (Å²) < 4.78 is 5.24. The molecule has 1 unspecified atom stereocenters. The van der Waals surface area contributed by atoms with Crippen LogP contribution < -0.4 is 5.73 Å². The van der Waals surface area contributed by atoms with Gasteiger partial charge in [-0.05, 0) is 32.3 Å². The molecule has 0 aliphatic heterocycles. The number of hydrogen-bond donors (Lipinski definition) is 1. The first-order valence-electron chi connectivity index (χ1n) is 4.77. The second kappa shape index (κ2) is 3.38. The normalized spacial score (nSPS) is 18.8. The Labute approximate surface area is 78.4 Å². The Morgan fingerprint density at radius 1 is 1.54 bits per heavy atom. The zero-order valence-corrected chi connectivity index (χ0v) is 7.92. The fraction of sp³-hybridized carbons (Fsp3) is 0.455. The lowest BCUT2D eigenvalue weighted by Gasteiger charge is -2.11. The highest BCUT2D eigenvalue weighted by atomic mass is 16.3. The van der Waals surface area contributed by atoms with Crippen molar-refractivity contribution in [1.29, 1.82) is 0 Å². The van der Waals surface area contributed by atoms with Crippen LogP contribution in [-0.4, -0.2) is 0 Å². The van der Waals surface area contributed by atoms with E-state index in [-0.39, 0.29) is 6.04 Å². The lowest BCUT2D eigenvalue weighted by atomic mass is 10.00. The van der Waals surface area contributed by atoms with Crippen LogP contribution in [0.5, 0.6) is 0 Å². The molecule has 1 aliphatic carbocycles. The molecule has 1 heterocycles. The largest absolute Gasteiger partial charge is 0.469 e. The molecule has 0 spiro atoms. The Bertz CT molecular complexity index is 325. The second-order valence-electron chi connectivity index (χ2n) is 3.58. The van der Waals surface area contributed by atoms with Gasteiger partial charge in [0.2, 0.25) is 0 Å². The summed E-state index contributed by atoms with van der Waals surface area (Å²) in [5.74, 6) is 0.945. The molecule has 1 aliphatic rings. The van der Waals surface area contributed by atoms with E-state index in [9.17, 15) is 0 Å². The Hall–Kier alpha value is -1.02. The summed E-state index contributed by atoms with van der Waals surface area (Å²) in [6.07, 6.45) is 7.54. The quantitative estimate of drug-likeness (QED) is 0.705. The van der Waals surface area contributed by atoms with Gasteiger partial charge in [-0.15, -0.1) is 0 Å². The van der Waals surface area contributed by atoms with Crippen LogP contribution in [0, 0.1) is 6.92 Å². The van der Waals surface area contributed by atoms with Crippen LogP contribution >= 0.6 is 0 Å². The maximum absolute atomic E-state index is 6.12. The molecule has 2 N–H and O–H groups in total. The molecule has 0 saturated heterocycles. The van der Waals surface area contributed by atoms with Crippen LogP contribution in [0.3, 0.4) is 0 Å². The van der Waals surface area contributed by atoms with Crippen molar-refractivity contribution in [1.82, 2.24) is 0 Å². The van der Waals surface area contributed by atoms with Gasteiger partial charge in [-0.25, -0.2) is 0 Å². The fourth-order valence-electron chi connectivity index (χ4n) is 1.90. The zero-order valence-electron chi connectivity index (χ0n) is 7.92. The van der Waals surface area contributed by atoms with E-state index in [1.807, 2.05) is 13.0 Å². The minimum absolute atomic E-state index is 0.0567. The molecule has 2 nitrogen and oxygen atoms in total. The maximum atomic E-state index is 6.12. The first kappa shape index (κ1) is 8.57. The van der Waals surface area contributed by atoms with Crippen LogP contribution in [0.2, 0.25) is 0 Å². The summed E-state index contributed by atoms with van der Waals surface area (Å²) in [5.41, 5.74) is 8.62. The molecule has 2 heteroatoms. The number of aryl methyl sites for hydroxylation is 1. The highest BCUT2D eigenvalue weighted by Gasteiger charge is 2.17. The molecule has 0 bridgehead atoms. The van der Waals surface area contributed by atoms with Gasteiger partial charge in [0.25, 0.3) is 0 Å². The van der Waals surface area contributed by atoms with E-state index in [1.165, 1.54) is 18.4 Å². The summed E-state index contributed by atoms with van der Waals surface area (Å²) in [6.45, 7) is 1.96. The summed E-state index contributed by atoms with van der Waals surface area (Å²) in [5, 5.41) is 0. The minimum atomic E-state index is 0.0567. The van der Waals surface area contributed by atoms with Crippen molar-refractivity contribution in [3.63, 3.8) is 0 Å². The Morgan fingerprint density at radius 2 is 2.38 bits per heavy atom. The van der Waals surface area contributed by atoms with Gasteiger partial charge in [0.15, 0.2) is 0 Å². The van der Waals surface area contributed by atoms with Gasteiger partial charge in [-0.1, -0.05) is 11.6 Å². The van der Waals surface area contributed by atoms with Crippen molar-refractivity contribution in [2.45, 2.75) is 32.2 Å². The van der Waals surface area contributed by atoms with E-state index >= 15 is 0 Å². The molecule has 1 aromatic rings. The van der Waals surface area contributed by atoms with Crippen LogP contribution in [0.1, 0.15) is 36.6 Å². The lowest BCUT2D eigenvalue weighted by Crippen LogP contribution is -2.12. The highest BCUT2D eigenvalue weighted by Crippen LogP contribution is 2.30. The van der Waals surface area contributed by atoms with Gasteiger partial charge in [0, 0.05) is 5.56 Å². The van der Waals surface area contributed by atoms with E-state index in [2.05, 4.69) is 6.08 Å². The first-order valence-corrected chi connectivity index (χ1v) is 4.77. The molecule has 2 rings (SSSR count). The second-order valence-corrected chi connectivity index (χ2v) is 3.58. The smallest absolute Gasteiger partial charge is 0.105 e. The van der Waals surface area contributed by atoms with Crippen LogP contribution in [0.15, 0.2) is 28.4 Å². The SMILES string of the molecule is Cc1occc1C(N)C1=CCCC1. The van der Waals surface area contributed by atoms with Crippen molar-refractivity contribution in [3.05, 3.63) is 35.3 Å². The number of rotatable bonds is 2. The third-order valence-corrected chi connectivity index (χ3v) is 2.71. The summed E-state index contributed by atoms with van der Waals surface area (Å²) in [6, 6.07) is 2.03. The molecule has 0 amide bonds. The number of hydrogen-bond acceptors (Lipinski definition) is 2. The van der Waals surface area contributed by atoms with E-state index in [0.29, 0.717) is 0 Å². The van der Waals surface area contributed by atoms with Crippen molar-refractivity contribution in [2.24, 2.45) is 5.73 Å². The van der Waals surface area contributed by atoms with Crippen LogP contribution in [0.25, 0.3) is 0 Å². The van der Waals surface area contributed by atoms with Crippen molar-refractivity contribution < 1.29 is 4.42 Å². The summed E-state index contributed by atoms with van der Waals surface area (Å²) >= 11 is 0. The average molecular weight is 177 g/mol. The maximum Gasteiger partial charge on any atom is 0.105 e. The predicted octanol–water partition coefficient (Wildman–Crippen LogP) is 2.70. The highest BCUT2D eigenvalue weighted by molar-refractivity contribution is 5.30. The van der Waals surface area contributed by atoms with Gasteiger partial charge < -0.3 is 10.2 Å². The van der Waals surface area contributed by atoms with Crippen molar-refractivity contribution in [3.8, 4) is 0 Å². The van der Waals surface area contributed by atoms with Crippen LogP contribution in [-0.2, 0) is 0 Å². The molecule has 1 atom stereocenters. The molecule has 0 aromatic carbocycles. The van der Waals surface area contributed by atoms with Gasteiger partial charge >= 0.3 is 0 Å². The Balaban J connectivity index is 2.21. The minimum Gasteiger partial charge on any atom is -0.469 e. The number of furan rings is 1. The summed E-state index contributed by atoms with van der Waals surface area (Å²) in [7, 11) is 0. The third-order valence-electron chi connectivity index (χ3n) is 2.71. The predicted molar refractivity (Wildman–Crippen MR) is 52.3 cm³/mol. The lowest BCUT2D eigenvalue weighted by molar-refractivity contribution is 0.527. The molecule has 0 radical (unpaired) electrons. The molecular formula is C11H15NO. The van der Waals surface area contributed by atoms with E-state index in [1.54, 1.807) is 6.26 Å². The first-order chi connectivity index (χ1) is 6.29. The number of allylic oxidation sites excluding steroid dienone is 1. The van der Waals surface area contributed by atoms with Gasteiger partial charge in [0.05, 0.1) is 12.3 Å². The monoisotopic (exact) mass is 177 g/mol. The molecule has 1 aromatic heterocycles. The molecule has 0 fully saturated rings. The van der Waals surface area contributed by atoms with E-state index in [0.717, 1.165) is 17.7 Å². The van der Waals surface area contributed by atoms with E-state index < -0.39 is 0 Å². The summed E-state index contributed by atoms with van der Waals surface area (Å²) in [4.78, 5) is 0. The standard InChI is InChI=1S/C11H15NO/c1-8-10(6-7-13-8)11(12)9-4-2-3-5-9/h4,6-7,11H,2-3,5,12H2,1H3. The van der Waals surface area contributed by atoms with Crippen molar-refractivity contribution >= 4 is 0 Å². The Kier molecular flexibility index (Phi) is 2.23. The molecule has 13 heavy (non-hydrogen) atoms. The zero-order chi connectivity index (χ0) is 9.26. The fourth-order valence-corrected chi connectivity index (χ4v) is 1.90. The Morgan fingerprint density at radius 3 is 2.92 bits per heavy atom. The van der Waals surface area contributed by atoms with Crippen LogP contribution in [0.4, 0.5) is 0 Å². The third kappa shape index (κ3) is 1.54. The van der Waals surface area contributed by atoms with Gasteiger partial charge in [-0.3, -0.25) is 0 Å². The number of nitrogens with two attached hydrogens (primary N) is 1. The van der Waals surface area contributed by atoms with Gasteiger partial charge in [-0.2, -0.15) is 0 Å². The van der Waals surface area contributed by atoms with E-state index in [4.69, 9.17) is 10.2 Å².